The van der Waals surface area contributed by atoms with Gasteiger partial charge in [0.15, 0.2) is 0 Å². The van der Waals surface area contributed by atoms with E-state index in [4.69, 9.17) is 0 Å². The number of nitrogens with one attached hydrogen (secondary N) is 3. The summed E-state index contributed by atoms with van der Waals surface area (Å²) in [7, 11) is 0. The predicted octanol–water partition coefficient (Wildman–Crippen LogP) is 3.25. The van der Waals surface area contributed by atoms with Gasteiger partial charge >= 0.3 is 0 Å². The number of aromatic nitrogens is 2. The van der Waals surface area contributed by atoms with Crippen molar-refractivity contribution in [2.24, 2.45) is 5.92 Å². The summed E-state index contributed by atoms with van der Waals surface area (Å²) in [4.78, 5) is 19.5. The Labute approximate surface area is 130 Å². The number of rotatable bonds is 6. The van der Waals surface area contributed by atoms with E-state index in [9.17, 15) is 4.79 Å². The summed E-state index contributed by atoms with van der Waals surface area (Å²) < 4.78 is 0. The molecule has 0 fully saturated rings. The lowest BCUT2D eigenvalue weighted by Gasteiger charge is -2.11. The SMILES string of the molecule is CC(=O)Nc1cccc(Nc2cc(NCC(C)C)ncn2)c1. The average molecular weight is 299 g/mol. The van der Waals surface area contributed by atoms with Gasteiger partial charge in [-0.3, -0.25) is 4.79 Å². The zero-order valence-corrected chi connectivity index (χ0v) is 13.1. The van der Waals surface area contributed by atoms with Crippen LogP contribution in [0.3, 0.4) is 0 Å². The van der Waals surface area contributed by atoms with E-state index in [0.717, 1.165) is 23.7 Å². The summed E-state index contributed by atoms with van der Waals surface area (Å²) in [5, 5.41) is 9.21. The molecule has 0 saturated carbocycles. The second kappa shape index (κ2) is 7.40. The lowest BCUT2D eigenvalue weighted by atomic mass is 10.2. The molecule has 22 heavy (non-hydrogen) atoms. The van der Waals surface area contributed by atoms with Crippen LogP contribution in [0.4, 0.5) is 23.0 Å². The molecule has 3 N–H and O–H groups in total. The number of carbonyl (C=O) groups excluding carboxylic acids is 1. The number of hydrogen-bond donors (Lipinski definition) is 3. The van der Waals surface area contributed by atoms with Crippen LogP contribution in [0, 0.1) is 5.92 Å². The Hall–Kier alpha value is -2.63. The van der Waals surface area contributed by atoms with Crippen LogP contribution in [0.5, 0.6) is 0 Å². The van der Waals surface area contributed by atoms with Crippen LogP contribution >= 0.6 is 0 Å². The molecule has 0 aliphatic heterocycles. The zero-order valence-electron chi connectivity index (χ0n) is 13.1. The van der Waals surface area contributed by atoms with Gasteiger partial charge in [-0.25, -0.2) is 9.97 Å². The molecule has 0 unspecified atom stereocenters. The molecule has 0 atom stereocenters. The molecule has 0 aliphatic rings. The van der Waals surface area contributed by atoms with E-state index in [2.05, 4.69) is 39.8 Å². The number of hydrogen-bond acceptors (Lipinski definition) is 5. The van der Waals surface area contributed by atoms with Crippen LogP contribution in [-0.4, -0.2) is 22.4 Å². The molecule has 116 valence electrons. The Morgan fingerprint density at radius 1 is 1.14 bits per heavy atom. The van der Waals surface area contributed by atoms with Crippen molar-refractivity contribution in [1.82, 2.24) is 9.97 Å². The van der Waals surface area contributed by atoms with Crippen LogP contribution in [0.1, 0.15) is 20.8 Å². The first-order valence-electron chi connectivity index (χ1n) is 7.23. The van der Waals surface area contributed by atoms with Gasteiger partial charge in [0, 0.05) is 30.9 Å². The molecule has 1 amide bonds. The molecule has 1 aromatic heterocycles. The van der Waals surface area contributed by atoms with Crippen LogP contribution in [-0.2, 0) is 4.79 Å². The molecule has 1 aromatic carbocycles. The summed E-state index contributed by atoms with van der Waals surface area (Å²) in [6, 6.07) is 9.32. The number of amides is 1. The summed E-state index contributed by atoms with van der Waals surface area (Å²) in [5.41, 5.74) is 1.59. The average Bonchev–Trinajstić information content (AvgIpc) is 2.45. The molecule has 0 spiro atoms. The van der Waals surface area contributed by atoms with Gasteiger partial charge in [-0.15, -0.1) is 0 Å². The highest BCUT2D eigenvalue weighted by molar-refractivity contribution is 5.89. The molecule has 0 aliphatic carbocycles. The first-order valence-corrected chi connectivity index (χ1v) is 7.23. The van der Waals surface area contributed by atoms with Crippen LogP contribution in [0.25, 0.3) is 0 Å². The van der Waals surface area contributed by atoms with Crippen molar-refractivity contribution in [1.29, 1.82) is 0 Å². The minimum Gasteiger partial charge on any atom is -0.370 e. The van der Waals surface area contributed by atoms with Crippen molar-refractivity contribution < 1.29 is 4.79 Å². The summed E-state index contributed by atoms with van der Waals surface area (Å²) >= 11 is 0. The third-order valence-corrected chi connectivity index (χ3v) is 2.81. The van der Waals surface area contributed by atoms with E-state index in [-0.39, 0.29) is 5.91 Å². The Bertz CT molecular complexity index is 642. The number of nitrogens with zero attached hydrogens (tertiary/aromatic N) is 2. The number of benzene rings is 1. The highest BCUT2D eigenvalue weighted by atomic mass is 16.1. The van der Waals surface area contributed by atoms with Crippen molar-refractivity contribution in [2.75, 3.05) is 22.5 Å². The maximum atomic E-state index is 11.1. The third kappa shape index (κ3) is 5.05. The van der Waals surface area contributed by atoms with Gasteiger partial charge in [-0.05, 0) is 24.1 Å². The highest BCUT2D eigenvalue weighted by Crippen LogP contribution is 2.20. The fourth-order valence-corrected chi connectivity index (χ4v) is 1.86. The number of anilines is 4. The first-order chi connectivity index (χ1) is 10.5. The lowest BCUT2D eigenvalue weighted by molar-refractivity contribution is -0.114. The molecule has 0 radical (unpaired) electrons. The van der Waals surface area contributed by atoms with E-state index < -0.39 is 0 Å². The fraction of sp³-hybridized carbons (Fsp3) is 0.312. The van der Waals surface area contributed by atoms with E-state index in [1.54, 1.807) is 0 Å². The van der Waals surface area contributed by atoms with Gasteiger partial charge in [-0.2, -0.15) is 0 Å². The number of carbonyl (C=O) groups is 1. The molecule has 0 saturated heterocycles. The van der Waals surface area contributed by atoms with E-state index in [1.807, 2.05) is 30.3 Å². The quantitative estimate of drug-likeness (QED) is 0.763. The molecule has 6 nitrogen and oxygen atoms in total. The zero-order chi connectivity index (χ0) is 15.9. The van der Waals surface area contributed by atoms with Crippen LogP contribution in [0.2, 0.25) is 0 Å². The van der Waals surface area contributed by atoms with Gasteiger partial charge in [0.25, 0.3) is 0 Å². The molecule has 6 heteroatoms. The van der Waals surface area contributed by atoms with Crippen molar-refractivity contribution in [2.45, 2.75) is 20.8 Å². The van der Waals surface area contributed by atoms with Crippen LogP contribution < -0.4 is 16.0 Å². The second-order valence-electron chi connectivity index (χ2n) is 5.45. The van der Waals surface area contributed by atoms with Gasteiger partial charge in [0.1, 0.15) is 18.0 Å². The van der Waals surface area contributed by atoms with E-state index >= 15 is 0 Å². The van der Waals surface area contributed by atoms with E-state index in [0.29, 0.717) is 11.7 Å². The largest absolute Gasteiger partial charge is 0.370 e. The Morgan fingerprint density at radius 3 is 2.59 bits per heavy atom. The monoisotopic (exact) mass is 299 g/mol. The Kier molecular flexibility index (Phi) is 5.30. The second-order valence-corrected chi connectivity index (χ2v) is 5.45. The van der Waals surface area contributed by atoms with Gasteiger partial charge in [-0.1, -0.05) is 19.9 Å². The standard InChI is InChI=1S/C16H21N5O/c1-11(2)9-17-15-8-16(19-10-18-15)21-14-6-4-5-13(7-14)20-12(3)22/h4-8,10-11H,9H2,1-3H3,(H,20,22)(H2,17,18,19,21). The first kappa shape index (κ1) is 15.8. The van der Waals surface area contributed by atoms with Crippen LogP contribution in [0.15, 0.2) is 36.7 Å². The van der Waals surface area contributed by atoms with Crippen molar-refractivity contribution in [3.63, 3.8) is 0 Å². The molecule has 1 heterocycles. The van der Waals surface area contributed by atoms with E-state index in [1.165, 1.54) is 13.3 Å². The molecule has 0 bridgehead atoms. The lowest BCUT2D eigenvalue weighted by Crippen LogP contribution is -2.09. The normalized spacial score (nSPS) is 10.4. The molecule has 2 aromatic rings. The van der Waals surface area contributed by atoms with Crippen molar-refractivity contribution in [3.8, 4) is 0 Å². The maximum absolute atomic E-state index is 11.1. The molecular formula is C16H21N5O. The summed E-state index contributed by atoms with van der Waals surface area (Å²) in [5.74, 6) is 1.92. The topological polar surface area (TPSA) is 78.9 Å². The predicted molar refractivity (Wildman–Crippen MR) is 89.4 cm³/mol. The Balaban J connectivity index is 2.07. The fourth-order valence-electron chi connectivity index (χ4n) is 1.86. The van der Waals surface area contributed by atoms with Crippen molar-refractivity contribution >= 4 is 28.9 Å². The molecule has 2 rings (SSSR count). The third-order valence-electron chi connectivity index (χ3n) is 2.81. The van der Waals surface area contributed by atoms with Crippen molar-refractivity contribution in [3.05, 3.63) is 36.7 Å². The maximum Gasteiger partial charge on any atom is 0.221 e. The summed E-state index contributed by atoms with van der Waals surface area (Å²) in [6.07, 6.45) is 1.52. The highest BCUT2D eigenvalue weighted by Gasteiger charge is 2.02. The summed E-state index contributed by atoms with van der Waals surface area (Å²) in [6.45, 7) is 6.62. The van der Waals surface area contributed by atoms with Gasteiger partial charge in [0.05, 0.1) is 0 Å². The minimum absolute atomic E-state index is 0.0978. The smallest absolute Gasteiger partial charge is 0.221 e. The van der Waals surface area contributed by atoms with Gasteiger partial charge < -0.3 is 16.0 Å². The molecular weight excluding hydrogens is 278 g/mol. The van der Waals surface area contributed by atoms with Gasteiger partial charge in [0.2, 0.25) is 5.91 Å². The Morgan fingerprint density at radius 2 is 1.86 bits per heavy atom. The minimum atomic E-state index is -0.0978.